The third kappa shape index (κ3) is 2.77. The Hall–Kier alpha value is -3.50. The van der Waals surface area contributed by atoms with Gasteiger partial charge in [-0.15, -0.1) is 34.0 Å². The molecule has 0 unspecified atom stereocenters. The topological polar surface area (TPSA) is 0 Å². The summed E-state index contributed by atoms with van der Waals surface area (Å²) < 4.78 is 5.56. The van der Waals surface area contributed by atoms with Crippen molar-refractivity contribution in [1.29, 1.82) is 0 Å². The van der Waals surface area contributed by atoms with Gasteiger partial charge in [0.2, 0.25) is 0 Å². The van der Waals surface area contributed by atoms with E-state index in [-0.39, 0.29) is 0 Å². The summed E-state index contributed by atoms with van der Waals surface area (Å²) in [4.78, 5) is 2.73. The monoisotopic (exact) mass is 498 g/mol. The van der Waals surface area contributed by atoms with Crippen LogP contribution in [0.4, 0.5) is 0 Å². The zero-order valence-corrected chi connectivity index (χ0v) is 21.1. The zero-order chi connectivity index (χ0) is 22.9. The molecule has 0 aliphatic rings. The summed E-state index contributed by atoms with van der Waals surface area (Å²) in [6.07, 6.45) is 0. The Kier molecular flexibility index (Phi) is 4.23. The molecular weight excluding hydrogens is 481 g/mol. The SMILES string of the molecule is c1ccc(-c2sc(-c3ccccc3)c3c2c2c4ccccc4sc2c2sc4ccccc4c23)cc1. The molecule has 3 heteroatoms. The lowest BCUT2D eigenvalue weighted by atomic mass is 9.96. The van der Waals surface area contributed by atoms with E-state index in [1.807, 2.05) is 34.0 Å². The van der Waals surface area contributed by atoms with Crippen molar-refractivity contribution < 1.29 is 0 Å². The van der Waals surface area contributed by atoms with Gasteiger partial charge in [0.1, 0.15) is 0 Å². The molecule has 0 saturated heterocycles. The van der Waals surface area contributed by atoms with Crippen LogP contribution in [0.15, 0.2) is 109 Å². The average molecular weight is 499 g/mol. The molecular formula is C32H18S3. The van der Waals surface area contributed by atoms with Crippen molar-refractivity contribution in [1.82, 2.24) is 0 Å². The van der Waals surface area contributed by atoms with Crippen molar-refractivity contribution in [2.75, 3.05) is 0 Å². The van der Waals surface area contributed by atoms with Gasteiger partial charge >= 0.3 is 0 Å². The van der Waals surface area contributed by atoms with Crippen molar-refractivity contribution in [2.24, 2.45) is 0 Å². The van der Waals surface area contributed by atoms with Crippen LogP contribution in [0, 0.1) is 0 Å². The van der Waals surface area contributed by atoms with Gasteiger partial charge in [-0.25, -0.2) is 0 Å². The predicted octanol–water partition coefficient (Wildman–Crippen LogP) is 11.0. The first-order valence-electron chi connectivity index (χ1n) is 11.7. The summed E-state index contributed by atoms with van der Waals surface area (Å²) in [5.41, 5.74) is 2.58. The molecule has 0 bridgehead atoms. The highest BCUT2D eigenvalue weighted by molar-refractivity contribution is 7.34. The molecule has 3 heterocycles. The maximum atomic E-state index is 2.31. The van der Waals surface area contributed by atoms with Gasteiger partial charge in [-0.3, -0.25) is 0 Å². The van der Waals surface area contributed by atoms with Gasteiger partial charge in [0.05, 0.1) is 9.40 Å². The van der Waals surface area contributed by atoms with E-state index in [0.717, 1.165) is 0 Å². The Balaban J connectivity index is 1.73. The summed E-state index contributed by atoms with van der Waals surface area (Å²) in [6.45, 7) is 0. The van der Waals surface area contributed by atoms with Gasteiger partial charge in [0.25, 0.3) is 0 Å². The smallest absolute Gasteiger partial charge is 0.0541 e. The molecule has 0 aliphatic heterocycles. The predicted molar refractivity (Wildman–Crippen MR) is 158 cm³/mol. The number of hydrogen-bond acceptors (Lipinski definition) is 3. The average Bonchev–Trinajstić information content (AvgIpc) is 3.61. The van der Waals surface area contributed by atoms with Crippen LogP contribution < -0.4 is 0 Å². The van der Waals surface area contributed by atoms with Gasteiger partial charge in [0.15, 0.2) is 0 Å². The van der Waals surface area contributed by atoms with Crippen LogP contribution in [0.5, 0.6) is 0 Å². The van der Waals surface area contributed by atoms with Crippen LogP contribution in [-0.4, -0.2) is 0 Å². The molecule has 8 aromatic rings. The summed E-state index contributed by atoms with van der Waals surface area (Å²) in [5.74, 6) is 0. The molecule has 0 spiro atoms. The molecule has 0 amide bonds. The van der Waals surface area contributed by atoms with Crippen molar-refractivity contribution >= 4 is 85.1 Å². The lowest BCUT2D eigenvalue weighted by molar-refractivity contribution is 1.71. The first-order valence-corrected chi connectivity index (χ1v) is 14.2. The molecule has 0 N–H and O–H groups in total. The molecule has 0 aliphatic carbocycles. The van der Waals surface area contributed by atoms with Gasteiger partial charge < -0.3 is 0 Å². The minimum absolute atomic E-state index is 1.29. The summed E-state index contributed by atoms with van der Waals surface area (Å²) in [5, 5.41) is 8.37. The fourth-order valence-electron chi connectivity index (χ4n) is 5.40. The van der Waals surface area contributed by atoms with E-state index in [9.17, 15) is 0 Å². The van der Waals surface area contributed by atoms with Crippen LogP contribution in [0.1, 0.15) is 0 Å². The van der Waals surface area contributed by atoms with Crippen molar-refractivity contribution in [3.05, 3.63) is 109 Å². The third-order valence-electron chi connectivity index (χ3n) is 6.88. The van der Waals surface area contributed by atoms with Gasteiger partial charge in [-0.05, 0) is 23.3 Å². The molecule has 35 heavy (non-hydrogen) atoms. The number of thiophene rings is 3. The summed E-state index contributed by atoms with van der Waals surface area (Å²) in [7, 11) is 0. The lowest BCUT2D eigenvalue weighted by Crippen LogP contribution is -1.79. The molecule has 0 nitrogen and oxygen atoms in total. The minimum atomic E-state index is 1.29. The van der Waals surface area contributed by atoms with Crippen LogP contribution in [-0.2, 0) is 0 Å². The van der Waals surface area contributed by atoms with E-state index in [0.29, 0.717) is 0 Å². The van der Waals surface area contributed by atoms with E-state index < -0.39 is 0 Å². The largest absolute Gasteiger partial charge is 0.134 e. The van der Waals surface area contributed by atoms with Crippen LogP contribution >= 0.6 is 34.0 Å². The molecule has 0 fully saturated rings. The second-order valence-electron chi connectivity index (χ2n) is 8.85. The second-order valence-corrected chi connectivity index (χ2v) is 12.0. The van der Waals surface area contributed by atoms with Gasteiger partial charge in [-0.1, -0.05) is 97.1 Å². The van der Waals surface area contributed by atoms with Crippen LogP contribution in [0.2, 0.25) is 0 Å². The highest BCUT2D eigenvalue weighted by Gasteiger charge is 2.25. The maximum Gasteiger partial charge on any atom is 0.0541 e. The van der Waals surface area contributed by atoms with E-state index in [2.05, 4.69) is 109 Å². The highest BCUT2D eigenvalue weighted by Crippen LogP contribution is 2.56. The molecule has 8 rings (SSSR count). The molecule has 0 atom stereocenters. The van der Waals surface area contributed by atoms with Crippen molar-refractivity contribution in [2.45, 2.75) is 0 Å². The molecule has 3 aromatic heterocycles. The third-order valence-corrected chi connectivity index (χ3v) is 10.7. The van der Waals surface area contributed by atoms with Crippen LogP contribution in [0.3, 0.4) is 0 Å². The number of hydrogen-bond donors (Lipinski definition) is 0. The summed E-state index contributed by atoms with van der Waals surface area (Å²) in [6, 6.07) is 39.7. The fraction of sp³-hybridized carbons (Fsp3) is 0. The zero-order valence-electron chi connectivity index (χ0n) is 18.6. The molecule has 0 radical (unpaired) electrons. The van der Waals surface area contributed by atoms with Crippen molar-refractivity contribution in [3.8, 4) is 20.9 Å². The normalized spacial score (nSPS) is 12.0. The number of rotatable bonds is 2. The minimum Gasteiger partial charge on any atom is -0.134 e. The Labute approximate surface area is 214 Å². The van der Waals surface area contributed by atoms with Crippen LogP contribution in [0.25, 0.3) is 72.0 Å². The van der Waals surface area contributed by atoms with Gasteiger partial charge in [-0.2, -0.15) is 0 Å². The molecule has 5 aromatic carbocycles. The first-order chi connectivity index (χ1) is 17.4. The Morgan fingerprint density at radius 1 is 0.343 bits per heavy atom. The first kappa shape index (κ1) is 19.8. The van der Waals surface area contributed by atoms with E-state index in [4.69, 9.17) is 0 Å². The Bertz CT molecular complexity index is 1890. The lowest BCUT2D eigenvalue weighted by Gasteiger charge is -2.06. The number of benzene rings is 5. The van der Waals surface area contributed by atoms with E-state index in [1.165, 1.54) is 72.0 Å². The number of fused-ring (bicyclic) bond motifs is 10. The quantitative estimate of drug-likeness (QED) is 0.222. The van der Waals surface area contributed by atoms with Crippen molar-refractivity contribution in [3.63, 3.8) is 0 Å². The van der Waals surface area contributed by atoms with Gasteiger partial charge in [0, 0.05) is 51.5 Å². The maximum absolute atomic E-state index is 2.31. The van der Waals surface area contributed by atoms with E-state index >= 15 is 0 Å². The second kappa shape index (κ2) is 7.50. The fourth-order valence-corrected chi connectivity index (χ4v) is 9.29. The highest BCUT2D eigenvalue weighted by atomic mass is 32.1. The standard InChI is InChI=1S/C32H18S3/c1-3-11-19(12-4-1)29-27-25-21-15-7-9-17-23(21)33-31(25)32-26(22-16-8-10-18-24(22)34-32)28(27)30(35-29)20-13-5-2-6-14-20/h1-18H. The Morgan fingerprint density at radius 3 is 1.20 bits per heavy atom. The molecule has 0 saturated carbocycles. The summed E-state index contributed by atoms with van der Waals surface area (Å²) >= 11 is 5.83. The molecule has 164 valence electrons. The Morgan fingerprint density at radius 2 is 0.743 bits per heavy atom. The van der Waals surface area contributed by atoms with E-state index in [1.54, 1.807) is 0 Å².